The Balaban J connectivity index is 1.45. The number of nitrogens with zero attached hydrogens (tertiary/aromatic N) is 4. The Bertz CT molecular complexity index is 1170. The van der Waals surface area contributed by atoms with Crippen molar-refractivity contribution in [3.63, 3.8) is 0 Å². The lowest BCUT2D eigenvalue weighted by molar-refractivity contribution is -0.118. The normalized spacial score (nSPS) is 11.1. The van der Waals surface area contributed by atoms with Crippen molar-refractivity contribution in [2.24, 2.45) is 0 Å². The third kappa shape index (κ3) is 3.88. The molecule has 0 spiro atoms. The fourth-order valence-corrected chi connectivity index (χ4v) is 3.91. The Morgan fingerprint density at radius 3 is 2.76 bits per heavy atom. The lowest BCUT2D eigenvalue weighted by atomic mass is 10.2. The zero-order valence-corrected chi connectivity index (χ0v) is 17.1. The van der Waals surface area contributed by atoms with Gasteiger partial charge >= 0.3 is 0 Å². The molecule has 0 bridgehead atoms. The minimum atomic E-state index is -0.0966. The van der Waals surface area contributed by atoms with Gasteiger partial charge in [0.1, 0.15) is 11.3 Å². The molecule has 4 rings (SSSR count). The predicted molar refractivity (Wildman–Crippen MR) is 114 cm³/mol. The molecule has 2 heterocycles. The van der Waals surface area contributed by atoms with Gasteiger partial charge in [0.05, 0.1) is 18.4 Å². The standard InChI is InChI=1S/C21H21N5O2S/c1-3-26-16-10-6-5-9-15(16)19-20(26)23-21(25-24-19)29-13-18(27)22-12-14-8-4-7-11-17(14)28-2/h4-11H,3,12-13H2,1-2H3,(H,22,27). The van der Waals surface area contributed by atoms with Crippen molar-refractivity contribution in [2.75, 3.05) is 12.9 Å². The van der Waals surface area contributed by atoms with Gasteiger partial charge in [-0.25, -0.2) is 4.98 Å². The number of hydrogen-bond acceptors (Lipinski definition) is 6. The lowest BCUT2D eigenvalue weighted by Gasteiger charge is -2.09. The van der Waals surface area contributed by atoms with Gasteiger partial charge in [-0.3, -0.25) is 4.79 Å². The van der Waals surface area contributed by atoms with Gasteiger partial charge in [-0.05, 0) is 19.1 Å². The zero-order valence-electron chi connectivity index (χ0n) is 16.3. The highest BCUT2D eigenvalue weighted by Gasteiger charge is 2.14. The van der Waals surface area contributed by atoms with E-state index in [1.54, 1.807) is 7.11 Å². The molecule has 29 heavy (non-hydrogen) atoms. The van der Waals surface area contributed by atoms with Crippen molar-refractivity contribution in [3.05, 3.63) is 54.1 Å². The van der Waals surface area contributed by atoms with E-state index < -0.39 is 0 Å². The van der Waals surface area contributed by atoms with Crippen LogP contribution in [0.2, 0.25) is 0 Å². The van der Waals surface area contributed by atoms with E-state index in [0.717, 1.165) is 39.9 Å². The average molecular weight is 407 g/mol. The zero-order chi connectivity index (χ0) is 20.2. The van der Waals surface area contributed by atoms with Crippen molar-refractivity contribution in [2.45, 2.75) is 25.2 Å². The number of rotatable bonds is 7. The van der Waals surface area contributed by atoms with E-state index in [-0.39, 0.29) is 11.7 Å². The van der Waals surface area contributed by atoms with Gasteiger partial charge in [-0.1, -0.05) is 48.2 Å². The number of aromatic nitrogens is 4. The summed E-state index contributed by atoms with van der Waals surface area (Å²) in [6.45, 7) is 3.27. The summed E-state index contributed by atoms with van der Waals surface area (Å²) in [5.74, 6) is 0.876. The van der Waals surface area contributed by atoms with E-state index in [4.69, 9.17) is 4.74 Å². The Labute approximate surface area is 172 Å². The van der Waals surface area contributed by atoms with Crippen LogP contribution in [0, 0.1) is 0 Å². The highest BCUT2D eigenvalue weighted by atomic mass is 32.2. The third-order valence-electron chi connectivity index (χ3n) is 4.67. The van der Waals surface area contributed by atoms with Crippen LogP contribution in [0.3, 0.4) is 0 Å². The number of nitrogens with one attached hydrogen (secondary N) is 1. The molecule has 1 N–H and O–H groups in total. The first-order chi connectivity index (χ1) is 14.2. The molecule has 0 fully saturated rings. The molecule has 0 aliphatic carbocycles. The molecule has 0 radical (unpaired) electrons. The molecule has 0 aliphatic heterocycles. The third-order valence-corrected chi connectivity index (χ3v) is 5.51. The molecular weight excluding hydrogens is 386 g/mol. The summed E-state index contributed by atoms with van der Waals surface area (Å²) in [4.78, 5) is 16.9. The molecule has 0 atom stereocenters. The molecule has 2 aromatic carbocycles. The highest BCUT2D eigenvalue weighted by molar-refractivity contribution is 7.99. The van der Waals surface area contributed by atoms with Gasteiger partial charge in [-0.2, -0.15) is 0 Å². The molecule has 148 valence electrons. The van der Waals surface area contributed by atoms with Gasteiger partial charge in [0, 0.05) is 24.0 Å². The minimum Gasteiger partial charge on any atom is -0.496 e. The number of hydrogen-bond donors (Lipinski definition) is 1. The van der Waals surface area contributed by atoms with Crippen LogP contribution >= 0.6 is 11.8 Å². The Morgan fingerprint density at radius 1 is 1.14 bits per heavy atom. The number of thioether (sulfide) groups is 1. The highest BCUT2D eigenvalue weighted by Crippen LogP contribution is 2.27. The number of carbonyl (C=O) groups is 1. The summed E-state index contributed by atoms with van der Waals surface area (Å²) in [5, 5.41) is 13.0. The van der Waals surface area contributed by atoms with Crippen LogP contribution in [0.1, 0.15) is 12.5 Å². The summed E-state index contributed by atoms with van der Waals surface area (Å²) in [6.07, 6.45) is 0. The average Bonchev–Trinajstić information content (AvgIpc) is 3.09. The molecule has 2 aromatic heterocycles. The van der Waals surface area contributed by atoms with Gasteiger partial charge in [0.2, 0.25) is 11.1 Å². The second-order valence-electron chi connectivity index (χ2n) is 6.41. The van der Waals surface area contributed by atoms with Gasteiger partial charge in [0.25, 0.3) is 0 Å². The number of para-hydroxylation sites is 2. The van der Waals surface area contributed by atoms with Crippen molar-refractivity contribution in [1.29, 1.82) is 0 Å². The summed E-state index contributed by atoms with van der Waals surface area (Å²) in [6, 6.07) is 15.7. The van der Waals surface area contributed by atoms with E-state index in [1.807, 2.05) is 42.5 Å². The number of aryl methyl sites for hydroxylation is 1. The first-order valence-electron chi connectivity index (χ1n) is 9.34. The Morgan fingerprint density at radius 2 is 1.93 bits per heavy atom. The number of amides is 1. The van der Waals surface area contributed by atoms with Gasteiger partial charge < -0.3 is 14.6 Å². The van der Waals surface area contributed by atoms with Crippen LogP contribution in [-0.4, -0.2) is 38.5 Å². The van der Waals surface area contributed by atoms with E-state index >= 15 is 0 Å². The molecule has 0 aliphatic rings. The topological polar surface area (TPSA) is 81.9 Å². The first kappa shape index (κ1) is 19.2. The summed E-state index contributed by atoms with van der Waals surface area (Å²) >= 11 is 1.28. The first-order valence-corrected chi connectivity index (χ1v) is 10.3. The predicted octanol–water partition coefficient (Wildman–Crippen LogP) is 3.42. The van der Waals surface area contributed by atoms with Crippen molar-refractivity contribution < 1.29 is 9.53 Å². The van der Waals surface area contributed by atoms with Crippen LogP contribution < -0.4 is 10.1 Å². The number of fused-ring (bicyclic) bond motifs is 3. The molecule has 0 saturated heterocycles. The van der Waals surface area contributed by atoms with Crippen molar-refractivity contribution in [1.82, 2.24) is 25.1 Å². The molecule has 0 unspecified atom stereocenters. The number of benzene rings is 2. The molecule has 7 nitrogen and oxygen atoms in total. The maximum absolute atomic E-state index is 12.3. The number of carbonyl (C=O) groups excluding carboxylic acids is 1. The minimum absolute atomic E-state index is 0.0966. The quantitative estimate of drug-likeness (QED) is 0.473. The number of ether oxygens (including phenoxy) is 1. The maximum atomic E-state index is 12.3. The molecule has 0 saturated carbocycles. The van der Waals surface area contributed by atoms with Crippen LogP contribution in [-0.2, 0) is 17.9 Å². The smallest absolute Gasteiger partial charge is 0.230 e. The fraction of sp³-hybridized carbons (Fsp3) is 0.238. The summed E-state index contributed by atoms with van der Waals surface area (Å²) < 4.78 is 7.42. The summed E-state index contributed by atoms with van der Waals surface area (Å²) in [5.41, 5.74) is 3.59. The second kappa shape index (κ2) is 8.48. The Kier molecular flexibility index (Phi) is 5.62. The lowest BCUT2D eigenvalue weighted by Crippen LogP contribution is -2.24. The largest absolute Gasteiger partial charge is 0.496 e. The van der Waals surface area contributed by atoms with Gasteiger partial charge in [0.15, 0.2) is 5.65 Å². The van der Waals surface area contributed by atoms with Gasteiger partial charge in [-0.15, -0.1) is 10.2 Å². The SMILES string of the molecule is CCn1c2ccccc2c2nnc(SCC(=O)NCc3ccccc3OC)nc21. The van der Waals surface area contributed by atoms with Crippen LogP contribution in [0.25, 0.3) is 22.1 Å². The van der Waals surface area contributed by atoms with Crippen LogP contribution in [0.15, 0.2) is 53.7 Å². The van der Waals surface area contributed by atoms with E-state index in [0.29, 0.717) is 11.7 Å². The van der Waals surface area contributed by atoms with Crippen LogP contribution in [0.5, 0.6) is 5.75 Å². The monoisotopic (exact) mass is 407 g/mol. The summed E-state index contributed by atoms with van der Waals surface area (Å²) in [7, 11) is 1.62. The Hall–Kier alpha value is -3.13. The van der Waals surface area contributed by atoms with Crippen molar-refractivity contribution in [3.8, 4) is 5.75 Å². The molecule has 4 aromatic rings. The molecule has 1 amide bonds. The molecule has 8 heteroatoms. The van der Waals surface area contributed by atoms with E-state index in [9.17, 15) is 4.79 Å². The van der Waals surface area contributed by atoms with Crippen LogP contribution in [0.4, 0.5) is 0 Å². The van der Waals surface area contributed by atoms with E-state index in [2.05, 4.69) is 38.1 Å². The number of methoxy groups -OCH3 is 1. The fourth-order valence-electron chi connectivity index (χ4n) is 3.29. The van der Waals surface area contributed by atoms with Crippen molar-refractivity contribution >= 4 is 39.7 Å². The van der Waals surface area contributed by atoms with E-state index in [1.165, 1.54) is 11.8 Å². The maximum Gasteiger partial charge on any atom is 0.230 e. The second-order valence-corrected chi connectivity index (χ2v) is 7.35. The molecular formula is C21H21N5O2S.